The topological polar surface area (TPSA) is 0 Å². The van der Waals surface area contributed by atoms with Gasteiger partial charge in [-0.25, -0.2) is 0 Å². The van der Waals surface area contributed by atoms with Crippen LogP contribution in [0.4, 0.5) is 0 Å². The molecular weight excluding hydrogens is 163 g/mol. The minimum atomic E-state index is 0. The molecule has 4 heavy (non-hydrogen) atoms. The van der Waals surface area contributed by atoms with Crippen molar-refractivity contribution in [2.75, 3.05) is 0 Å². The maximum atomic E-state index is 0. The van der Waals surface area contributed by atoms with Crippen molar-refractivity contribution in [3.05, 3.63) is 0 Å². The Hall–Kier alpha value is 1.80. The van der Waals surface area contributed by atoms with Crippen LogP contribution in [0, 0.1) is 0 Å². The Kier molecular flexibility index (Phi) is 220. The summed E-state index contributed by atoms with van der Waals surface area (Å²) in [4.78, 5) is 0. The first kappa shape index (κ1) is 41.2. The van der Waals surface area contributed by atoms with Crippen molar-refractivity contribution in [1.29, 1.82) is 0 Å². The fraction of sp³-hybridized carbons (Fsp3) is 0. The van der Waals surface area contributed by atoms with Gasteiger partial charge in [-0.1, -0.05) is 0 Å². The van der Waals surface area contributed by atoms with Crippen LogP contribution in [0.5, 0.6) is 0 Å². The molecular formula is AlCrFeSi. The van der Waals surface area contributed by atoms with Gasteiger partial charge in [0.05, 0.1) is 0 Å². The largest absolute Gasteiger partial charge is 0 e. The van der Waals surface area contributed by atoms with E-state index in [-0.39, 0.29) is 62.8 Å². The average Bonchev–Trinajstić information content (AvgIpc) is 0. The van der Waals surface area contributed by atoms with Crippen LogP contribution in [0.3, 0.4) is 0 Å². The predicted octanol–water partition coefficient (Wildman–Crippen LogP) is -0.767. The zero-order valence-corrected chi connectivity index (χ0v) is 6.37. The molecule has 0 bridgehead atoms. The molecule has 0 saturated carbocycles. The molecule has 0 aliphatic carbocycles. The van der Waals surface area contributed by atoms with Gasteiger partial charge in [0.2, 0.25) is 0 Å². The quantitative estimate of drug-likeness (QED) is 0.411. The molecule has 0 unspecified atom stereocenters. The van der Waals surface area contributed by atoms with Gasteiger partial charge in [-0.15, -0.1) is 0 Å². The monoisotopic (exact) mass is 163 g/mol. The molecule has 0 aromatic carbocycles. The minimum absolute atomic E-state index is 0. The smallest absolute Gasteiger partial charge is 0 e. The third-order valence-corrected chi connectivity index (χ3v) is 0. The van der Waals surface area contributed by atoms with E-state index in [2.05, 4.69) is 0 Å². The molecule has 0 N–H and O–H groups in total. The summed E-state index contributed by atoms with van der Waals surface area (Å²) in [6, 6.07) is 0. The van der Waals surface area contributed by atoms with Crippen molar-refractivity contribution < 1.29 is 34.4 Å². The van der Waals surface area contributed by atoms with E-state index in [9.17, 15) is 0 Å². The summed E-state index contributed by atoms with van der Waals surface area (Å²) in [6.07, 6.45) is 0. The van der Waals surface area contributed by atoms with Crippen LogP contribution < -0.4 is 0 Å². The molecule has 7 radical (unpaired) electrons. The molecule has 0 heterocycles. The molecule has 0 aromatic rings. The molecule has 0 spiro atoms. The Morgan fingerprint density at radius 1 is 1.00 bits per heavy atom. The number of hydrogen-bond acceptors (Lipinski definition) is 0. The first-order chi connectivity index (χ1) is 0. The fourth-order valence-electron chi connectivity index (χ4n) is 0. The Labute approximate surface area is 62.5 Å². The van der Waals surface area contributed by atoms with Crippen LogP contribution in [0.1, 0.15) is 0 Å². The molecule has 0 aliphatic heterocycles. The molecule has 21 valence electrons. The summed E-state index contributed by atoms with van der Waals surface area (Å²) in [6.45, 7) is 0. The van der Waals surface area contributed by atoms with Gasteiger partial charge < -0.3 is 0 Å². The van der Waals surface area contributed by atoms with E-state index < -0.39 is 0 Å². The summed E-state index contributed by atoms with van der Waals surface area (Å²) in [5.41, 5.74) is 0. The Bertz CT molecular complexity index is 8.00. The van der Waals surface area contributed by atoms with Crippen molar-refractivity contribution in [1.82, 2.24) is 0 Å². The second-order valence-electron chi connectivity index (χ2n) is 0. The zero-order valence-electron chi connectivity index (χ0n) is 1.84. The second-order valence-corrected chi connectivity index (χ2v) is 0. The number of hydrogen-bond donors (Lipinski definition) is 0. The van der Waals surface area contributed by atoms with E-state index in [1.165, 1.54) is 0 Å². The zero-order chi connectivity index (χ0) is 0. The van der Waals surface area contributed by atoms with Gasteiger partial charge in [-0.05, 0) is 0 Å². The van der Waals surface area contributed by atoms with Gasteiger partial charge in [-0.2, -0.15) is 0 Å². The first-order valence-electron chi connectivity index (χ1n) is 0. The van der Waals surface area contributed by atoms with E-state index in [0.29, 0.717) is 0 Å². The van der Waals surface area contributed by atoms with Gasteiger partial charge in [0.1, 0.15) is 0 Å². The van der Waals surface area contributed by atoms with Crippen molar-refractivity contribution >= 4 is 28.3 Å². The van der Waals surface area contributed by atoms with Crippen molar-refractivity contribution in [3.63, 3.8) is 0 Å². The maximum absolute atomic E-state index is 0. The van der Waals surface area contributed by atoms with Crippen LogP contribution in [-0.4, -0.2) is 28.3 Å². The normalized spacial score (nSPS) is 0. The van der Waals surface area contributed by atoms with Gasteiger partial charge in [0.15, 0.2) is 0 Å². The summed E-state index contributed by atoms with van der Waals surface area (Å²) in [7, 11) is 0. The first-order valence-corrected chi connectivity index (χ1v) is 0. The summed E-state index contributed by atoms with van der Waals surface area (Å²) >= 11 is 0. The van der Waals surface area contributed by atoms with E-state index in [1.807, 2.05) is 0 Å². The van der Waals surface area contributed by atoms with Gasteiger partial charge in [-0.3, -0.25) is 0 Å². The number of rotatable bonds is 0. The summed E-state index contributed by atoms with van der Waals surface area (Å²) in [5.74, 6) is 0. The van der Waals surface area contributed by atoms with Gasteiger partial charge >= 0.3 is 0 Å². The Morgan fingerprint density at radius 2 is 1.00 bits per heavy atom. The Balaban J connectivity index is 0. The molecule has 0 nitrogen and oxygen atoms in total. The summed E-state index contributed by atoms with van der Waals surface area (Å²) < 4.78 is 0. The van der Waals surface area contributed by atoms with E-state index in [1.54, 1.807) is 0 Å². The van der Waals surface area contributed by atoms with Crippen molar-refractivity contribution in [3.8, 4) is 0 Å². The second kappa shape index (κ2) is 21.4. The molecule has 0 saturated heterocycles. The third-order valence-electron chi connectivity index (χ3n) is 0. The summed E-state index contributed by atoms with van der Waals surface area (Å²) in [5, 5.41) is 0. The van der Waals surface area contributed by atoms with Gasteiger partial charge in [0.25, 0.3) is 0 Å². The standard InChI is InChI=1S/Al.Cr.Fe.Si. The molecule has 4 heteroatoms. The van der Waals surface area contributed by atoms with Crippen LogP contribution in [0.15, 0.2) is 0 Å². The predicted molar refractivity (Wildman–Crippen MR) is 11.5 cm³/mol. The maximum Gasteiger partial charge on any atom is 0 e. The molecule has 0 aliphatic rings. The van der Waals surface area contributed by atoms with Crippen LogP contribution in [0.2, 0.25) is 0 Å². The molecule has 0 rings (SSSR count). The van der Waals surface area contributed by atoms with E-state index >= 15 is 0 Å². The minimum Gasteiger partial charge on any atom is 0 e. The molecule has 0 amide bonds. The molecule has 0 fully saturated rings. The molecule has 0 atom stereocenters. The molecule has 0 aromatic heterocycles. The van der Waals surface area contributed by atoms with Crippen LogP contribution in [0.25, 0.3) is 0 Å². The Morgan fingerprint density at radius 3 is 1.00 bits per heavy atom. The van der Waals surface area contributed by atoms with Crippen LogP contribution >= 0.6 is 0 Å². The van der Waals surface area contributed by atoms with Crippen molar-refractivity contribution in [2.45, 2.75) is 0 Å². The SMILES string of the molecule is [Al].[Cr].[Fe].[Si]. The van der Waals surface area contributed by atoms with E-state index in [0.717, 1.165) is 0 Å². The van der Waals surface area contributed by atoms with Gasteiger partial charge in [0, 0.05) is 62.8 Å². The van der Waals surface area contributed by atoms with Crippen molar-refractivity contribution in [2.24, 2.45) is 0 Å². The average molecular weight is 163 g/mol. The third kappa shape index (κ3) is 9.19. The van der Waals surface area contributed by atoms with E-state index in [4.69, 9.17) is 0 Å². The van der Waals surface area contributed by atoms with Crippen LogP contribution in [-0.2, 0) is 34.4 Å². The fourth-order valence-corrected chi connectivity index (χ4v) is 0.